The number of amides is 1. The van der Waals surface area contributed by atoms with Crippen LogP contribution >= 0.6 is 11.5 Å². The Morgan fingerprint density at radius 2 is 2.04 bits per heavy atom. The van der Waals surface area contributed by atoms with Gasteiger partial charge < -0.3 is 15.1 Å². The summed E-state index contributed by atoms with van der Waals surface area (Å²) < 4.78 is 5.66. The fourth-order valence-electron chi connectivity index (χ4n) is 5.82. The average molecular weight is 398 g/mol. The number of likely N-dealkylation sites (tertiary alicyclic amines) is 1. The van der Waals surface area contributed by atoms with E-state index >= 15 is 0 Å². The van der Waals surface area contributed by atoms with Crippen LogP contribution in [-0.4, -0.2) is 78.0 Å². The molecule has 1 N–H and O–H groups in total. The van der Waals surface area contributed by atoms with Gasteiger partial charge in [0.25, 0.3) is 5.91 Å². The van der Waals surface area contributed by atoms with E-state index in [0.717, 1.165) is 29.7 Å². The summed E-state index contributed by atoms with van der Waals surface area (Å²) in [5, 5.41) is 4.28. The molecule has 148 valence electrons. The number of carbonyl (C=O) groups excluding carboxylic acids is 1. The number of nitrogens with one attached hydrogen (secondary N) is 1. The minimum absolute atomic E-state index is 0.000366. The van der Waals surface area contributed by atoms with Crippen molar-refractivity contribution in [1.82, 2.24) is 19.5 Å². The van der Waals surface area contributed by atoms with Crippen LogP contribution in [0.5, 0.6) is 0 Å². The molecular formula is C21H27N5OS. The molecule has 6 heterocycles. The highest BCUT2D eigenvalue weighted by Crippen LogP contribution is 2.36. The van der Waals surface area contributed by atoms with E-state index < -0.39 is 0 Å². The summed E-state index contributed by atoms with van der Waals surface area (Å²) in [6.45, 7) is 5.63. The molecule has 0 radical (unpaired) electrons. The number of nitrogens with zero attached hydrogens (tertiary/aromatic N) is 4. The maximum Gasteiger partial charge on any atom is 0.271 e. The topological polar surface area (TPSA) is 51.7 Å². The number of hydrogen-bond donors (Lipinski definition) is 1. The molecule has 3 atom stereocenters. The zero-order valence-corrected chi connectivity index (χ0v) is 17.1. The Bertz CT molecular complexity index is 919. The maximum atomic E-state index is 12.9. The predicted molar refractivity (Wildman–Crippen MR) is 112 cm³/mol. The average Bonchev–Trinajstić information content (AvgIpc) is 3.41. The van der Waals surface area contributed by atoms with Crippen molar-refractivity contribution in [3.63, 3.8) is 0 Å². The van der Waals surface area contributed by atoms with Crippen LogP contribution in [0.2, 0.25) is 0 Å². The van der Waals surface area contributed by atoms with Crippen LogP contribution in [0, 0.1) is 5.92 Å². The number of benzene rings is 1. The van der Waals surface area contributed by atoms with E-state index in [0.29, 0.717) is 23.7 Å². The van der Waals surface area contributed by atoms with E-state index in [1.165, 1.54) is 49.6 Å². The fraction of sp³-hybridized carbons (Fsp3) is 0.619. The van der Waals surface area contributed by atoms with Gasteiger partial charge in [-0.15, -0.1) is 0 Å². The first-order chi connectivity index (χ1) is 13.7. The van der Waals surface area contributed by atoms with E-state index in [-0.39, 0.29) is 11.9 Å². The second-order valence-electron chi connectivity index (χ2n) is 9.06. The molecule has 1 aromatic heterocycles. The van der Waals surface area contributed by atoms with Gasteiger partial charge in [-0.25, -0.2) is 0 Å². The van der Waals surface area contributed by atoms with Crippen molar-refractivity contribution in [1.29, 1.82) is 0 Å². The Hall–Kier alpha value is -1.70. The number of fused-ring (bicyclic) bond motifs is 6. The smallest absolute Gasteiger partial charge is 0.271 e. The van der Waals surface area contributed by atoms with Gasteiger partial charge >= 0.3 is 0 Å². The number of carbonyl (C=O) groups is 1. The summed E-state index contributed by atoms with van der Waals surface area (Å²) in [4.78, 5) is 20.4. The molecule has 7 heteroatoms. The number of piperidine rings is 3. The van der Waals surface area contributed by atoms with Crippen molar-refractivity contribution >= 4 is 33.2 Å². The van der Waals surface area contributed by atoms with Gasteiger partial charge in [0.1, 0.15) is 5.69 Å². The second-order valence-corrected chi connectivity index (χ2v) is 9.87. The van der Waals surface area contributed by atoms with Gasteiger partial charge in [-0.1, -0.05) is 0 Å². The molecule has 6 nitrogen and oxygen atoms in total. The lowest BCUT2D eigenvalue weighted by Gasteiger charge is -2.44. The van der Waals surface area contributed by atoms with Crippen LogP contribution in [-0.2, 0) is 0 Å². The van der Waals surface area contributed by atoms with Crippen LogP contribution in [0.15, 0.2) is 18.2 Å². The van der Waals surface area contributed by atoms with E-state index in [9.17, 15) is 4.79 Å². The Kier molecular flexibility index (Phi) is 3.93. The Labute approximate surface area is 169 Å². The number of likely N-dealkylation sites (N-methyl/N-ethyl adjacent to an activating group) is 1. The van der Waals surface area contributed by atoms with Crippen LogP contribution < -0.4 is 10.2 Å². The SMILES string of the molecule is CN1C[C@@H]2C[C@H]1CN2c1ccc2c(C(=O)N[C@@H]3CN4CCC3CC4)nsc2c1. The zero-order chi connectivity index (χ0) is 18.8. The monoisotopic (exact) mass is 397 g/mol. The Balaban J connectivity index is 1.22. The summed E-state index contributed by atoms with van der Waals surface area (Å²) in [6, 6.07) is 8.12. The molecule has 1 amide bonds. The Morgan fingerprint density at radius 1 is 1.18 bits per heavy atom. The second kappa shape index (κ2) is 6.40. The van der Waals surface area contributed by atoms with Crippen molar-refractivity contribution < 1.29 is 4.79 Å². The van der Waals surface area contributed by atoms with Crippen LogP contribution in [0.25, 0.3) is 10.1 Å². The standard InChI is InChI=1S/C21H27N5OS/c1-24-10-16-8-15(24)11-26(16)14-2-3-17-19(9-14)28-23-20(17)21(27)22-18-12-25-6-4-13(18)5-7-25/h2-3,9,13,15-16,18H,4-8,10-12H2,1H3,(H,22,27)/t15-,16-,18+/m0/s1. The summed E-state index contributed by atoms with van der Waals surface area (Å²) in [6.07, 6.45) is 3.68. The van der Waals surface area contributed by atoms with Crippen molar-refractivity contribution in [2.75, 3.05) is 44.7 Å². The van der Waals surface area contributed by atoms with Gasteiger partial charge in [-0.3, -0.25) is 9.69 Å². The normalized spacial score (nSPS) is 34.5. The maximum absolute atomic E-state index is 12.9. The summed E-state index contributed by atoms with van der Waals surface area (Å²) in [5.41, 5.74) is 1.88. The van der Waals surface area contributed by atoms with Gasteiger partial charge in [0.2, 0.25) is 0 Å². The van der Waals surface area contributed by atoms with Crippen LogP contribution in [0.3, 0.4) is 0 Å². The highest BCUT2D eigenvalue weighted by atomic mass is 32.1. The third-order valence-electron chi connectivity index (χ3n) is 7.49. The van der Waals surface area contributed by atoms with E-state index in [1.54, 1.807) is 0 Å². The molecule has 5 saturated heterocycles. The summed E-state index contributed by atoms with van der Waals surface area (Å²) in [7, 11) is 2.23. The van der Waals surface area contributed by atoms with E-state index in [4.69, 9.17) is 0 Å². The number of piperazine rings is 1. The van der Waals surface area contributed by atoms with Gasteiger partial charge in [0, 0.05) is 48.8 Å². The first-order valence-electron chi connectivity index (χ1n) is 10.6. The lowest BCUT2D eigenvalue weighted by molar-refractivity contribution is 0.0619. The zero-order valence-electron chi connectivity index (χ0n) is 16.3. The third-order valence-corrected chi connectivity index (χ3v) is 8.30. The highest BCUT2D eigenvalue weighted by Gasteiger charge is 2.41. The largest absolute Gasteiger partial charge is 0.366 e. The number of rotatable bonds is 3. The quantitative estimate of drug-likeness (QED) is 0.859. The third kappa shape index (κ3) is 2.67. The first kappa shape index (κ1) is 17.2. The summed E-state index contributed by atoms with van der Waals surface area (Å²) >= 11 is 1.45. The molecular weight excluding hydrogens is 370 g/mol. The lowest BCUT2D eigenvalue weighted by atomic mass is 9.84. The minimum Gasteiger partial charge on any atom is -0.366 e. The number of aromatic nitrogens is 1. The first-order valence-corrected chi connectivity index (χ1v) is 11.3. The molecule has 4 bridgehead atoms. The summed E-state index contributed by atoms with van der Waals surface area (Å²) in [5.74, 6) is 0.633. The molecule has 0 aliphatic carbocycles. The van der Waals surface area contributed by atoms with Crippen LogP contribution in [0.1, 0.15) is 29.8 Å². The van der Waals surface area contributed by atoms with Crippen LogP contribution in [0.4, 0.5) is 5.69 Å². The molecule has 28 heavy (non-hydrogen) atoms. The number of hydrogen-bond acceptors (Lipinski definition) is 6. The highest BCUT2D eigenvalue weighted by molar-refractivity contribution is 7.13. The van der Waals surface area contributed by atoms with Crippen molar-refractivity contribution in [2.45, 2.75) is 37.4 Å². The number of anilines is 1. The molecule has 0 spiro atoms. The van der Waals surface area contributed by atoms with Crippen molar-refractivity contribution in [2.24, 2.45) is 5.92 Å². The minimum atomic E-state index is -0.000366. The van der Waals surface area contributed by atoms with Gasteiger partial charge in [0.05, 0.1) is 4.70 Å². The molecule has 5 fully saturated rings. The lowest BCUT2D eigenvalue weighted by Crippen LogP contribution is -2.57. The van der Waals surface area contributed by atoms with E-state index in [1.807, 2.05) is 0 Å². The van der Waals surface area contributed by atoms with Gasteiger partial charge in [-0.2, -0.15) is 4.37 Å². The molecule has 0 unspecified atom stereocenters. The molecule has 2 aromatic rings. The van der Waals surface area contributed by atoms with Crippen molar-refractivity contribution in [3.05, 3.63) is 23.9 Å². The molecule has 0 saturated carbocycles. The predicted octanol–water partition coefficient (Wildman–Crippen LogP) is 2.01. The van der Waals surface area contributed by atoms with Gasteiger partial charge in [-0.05, 0) is 75.0 Å². The van der Waals surface area contributed by atoms with Crippen molar-refractivity contribution in [3.8, 4) is 0 Å². The molecule has 5 aliphatic rings. The van der Waals surface area contributed by atoms with Gasteiger partial charge in [0.15, 0.2) is 0 Å². The molecule has 5 aliphatic heterocycles. The Morgan fingerprint density at radius 3 is 2.71 bits per heavy atom. The van der Waals surface area contributed by atoms with E-state index in [2.05, 4.69) is 49.6 Å². The molecule has 7 rings (SSSR count). The fourth-order valence-corrected chi connectivity index (χ4v) is 6.62. The molecule has 1 aromatic carbocycles.